The summed E-state index contributed by atoms with van der Waals surface area (Å²) in [6, 6.07) is 14.7. The molecule has 3 N–H and O–H groups in total. The van der Waals surface area contributed by atoms with Crippen LogP contribution in [0.3, 0.4) is 0 Å². The number of nitrogens with zero attached hydrogens (tertiary/aromatic N) is 2. The number of rotatable bonds is 4. The van der Waals surface area contributed by atoms with Gasteiger partial charge >= 0.3 is 0 Å². The van der Waals surface area contributed by atoms with Gasteiger partial charge in [-0.25, -0.2) is 0 Å². The van der Waals surface area contributed by atoms with E-state index in [9.17, 15) is 9.90 Å². The zero-order valence-electron chi connectivity index (χ0n) is 16.1. The molecule has 1 amide bonds. The molecule has 7 heteroatoms. The van der Waals surface area contributed by atoms with Crippen molar-refractivity contribution in [2.45, 2.75) is 25.8 Å². The first-order valence-electron chi connectivity index (χ1n) is 9.17. The number of phenols is 1. The molecule has 2 aromatic carbocycles. The number of para-hydroxylation sites is 1. The van der Waals surface area contributed by atoms with E-state index in [1.165, 1.54) is 11.3 Å². The van der Waals surface area contributed by atoms with E-state index in [2.05, 4.69) is 36.1 Å². The van der Waals surface area contributed by atoms with Crippen LogP contribution in [0.4, 0.5) is 5.69 Å². The molecule has 0 radical (unpaired) electrons. The van der Waals surface area contributed by atoms with Crippen LogP contribution in [0.25, 0.3) is 0 Å². The Kier molecular flexibility index (Phi) is 9.59. The van der Waals surface area contributed by atoms with Gasteiger partial charge in [-0.3, -0.25) is 4.79 Å². The zero-order valence-corrected chi connectivity index (χ0v) is 17.7. The van der Waals surface area contributed by atoms with Crippen molar-refractivity contribution in [1.29, 1.82) is 0 Å². The summed E-state index contributed by atoms with van der Waals surface area (Å²) in [7, 11) is 0. The summed E-state index contributed by atoms with van der Waals surface area (Å²) in [6.07, 6.45) is 1.42. The molecule has 28 heavy (non-hydrogen) atoms. The fraction of sp³-hybridized carbons (Fsp3) is 0.381. The van der Waals surface area contributed by atoms with Gasteiger partial charge in [-0.05, 0) is 49.1 Å². The number of aryl methyl sites for hydroxylation is 1. The van der Waals surface area contributed by atoms with Crippen LogP contribution in [0.1, 0.15) is 17.5 Å². The lowest BCUT2D eigenvalue weighted by atomic mass is 10.1. The van der Waals surface area contributed by atoms with E-state index in [-0.39, 0.29) is 36.5 Å². The van der Waals surface area contributed by atoms with E-state index in [1.54, 1.807) is 12.1 Å². The summed E-state index contributed by atoms with van der Waals surface area (Å²) < 4.78 is 0. The van der Waals surface area contributed by atoms with E-state index in [0.29, 0.717) is 13.0 Å². The maximum absolute atomic E-state index is 12.8. The summed E-state index contributed by atoms with van der Waals surface area (Å²) in [5.41, 5.74) is 9.64. The van der Waals surface area contributed by atoms with Gasteiger partial charge < -0.3 is 20.6 Å². The van der Waals surface area contributed by atoms with Crippen molar-refractivity contribution in [1.82, 2.24) is 4.90 Å². The molecule has 0 aromatic heterocycles. The summed E-state index contributed by atoms with van der Waals surface area (Å²) in [6.45, 7) is 5.32. The van der Waals surface area contributed by atoms with Crippen LogP contribution in [-0.4, -0.2) is 48.1 Å². The Labute approximate surface area is 179 Å². The zero-order chi connectivity index (χ0) is 18.5. The minimum Gasteiger partial charge on any atom is -0.508 e. The molecule has 154 valence electrons. The third-order valence-corrected chi connectivity index (χ3v) is 4.97. The van der Waals surface area contributed by atoms with Crippen LogP contribution >= 0.6 is 24.8 Å². The molecular weight excluding hydrogens is 397 g/mol. The van der Waals surface area contributed by atoms with Crippen LogP contribution in [0.15, 0.2) is 48.5 Å². The number of amides is 1. The molecule has 1 atom stereocenters. The number of benzene rings is 2. The number of phenolic OH excluding ortho intramolecular Hbond substituents is 1. The maximum Gasteiger partial charge on any atom is 0.239 e. The Balaban J connectivity index is 0.00000196. The first kappa shape index (κ1) is 24.1. The number of carbonyl (C=O) groups is 1. The molecule has 0 spiro atoms. The second kappa shape index (κ2) is 11.1. The van der Waals surface area contributed by atoms with Gasteiger partial charge in [-0.2, -0.15) is 0 Å². The normalized spacial score (nSPS) is 15.1. The van der Waals surface area contributed by atoms with Crippen molar-refractivity contribution in [3.63, 3.8) is 0 Å². The summed E-state index contributed by atoms with van der Waals surface area (Å²) in [4.78, 5) is 17.0. The Morgan fingerprint density at radius 1 is 1.04 bits per heavy atom. The van der Waals surface area contributed by atoms with E-state index in [0.717, 1.165) is 31.6 Å². The molecule has 1 fully saturated rings. The molecule has 2 aromatic rings. The first-order valence-corrected chi connectivity index (χ1v) is 9.17. The van der Waals surface area contributed by atoms with Gasteiger partial charge in [0.1, 0.15) is 5.75 Å². The van der Waals surface area contributed by atoms with Crippen molar-refractivity contribution in [2.75, 3.05) is 31.1 Å². The maximum atomic E-state index is 12.8. The average molecular weight is 426 g/mol. The molecule has 0 saturated carbocycles. The predicted octanol–water partition coefficient (Wildman–Crippen LogP) is 3.15. The Morgan fingerprint density at radius 3 is 2.39 bits per heavy atom. The lowest BCUT2D eigenvalue weighted by Crippen LogP contribution is -2.46. The van der Waals surface area contributed by atoms with Crippen molar-refractivity contribution < 1.29 is 9.90 Å². The number of hydrogen-bond donors (Lipinski definition) is 2. The fourth-order valence-corrected chi connectivity index (χ4v) is 3.50. The van der Waals surface area contributed by atoms with Gasteiger partial charge in [0.05, 0.1) is 6.04 Å². The smallest absolute Gasteiger partial charge is 0.239 e. The fourth-order valence-electron chi connectivity index (χ4n) is 3.50. The summed E-state index contributed by atoms with van der Waals surface area (Å²) in [5.74, 6) is 0.224. The van der Waals surface area contributed by atoms with E-state index < -0.39 is 6.04 Å². The summed E-state index contributed by atoms with van der Waals surface area (Å²) in [5, 5.41) is 9.36. The lowest BCUT2D eigenvalue weighted by Gasteiger charge is -2.26. The molecule has 1 aliphatic heterocycles. The van der Waals surface area contributed by atoms with Crippen LogP contribution in [0.2, 0.25) is 0 Å². The SMILES string of the molecule is Cc1ccccc1N1CCCN(C(=O)[C@@H](N)Cc2ccc(O)cc2)CC1.Cl.Cl. The number of carbonyl (C=O) groups excluding carboxylic acids is 1. The van der Waals surface area contributed by atoms with Gasteiger partial charge in [-0.1, -0.05) is 30.3 Å². The van der Waals surface area contributed by atoms with Crippen LogP contribution in [0.5, 0.6) is 5.75 Å². The lowest BCUT2D eigenvalue weighted by molar-refractivity contribution is -0.132. The van der Waals surface area contributed by atoms with Crippen LogP contribution < -0.4 is 10.6 Å². The molecule has 1 aliphatic rings. The monoisotopic (exact) mass is 425 g/mol. The Hall–Kier alpha value is -1.95. The number of nitrogens with two attached hydrogens (primary N) is 1. The Bertz CT molecular complexity index is 756. The average Bonchev–Trinajstić information content (AvgIpc) is 2.89. The highest BCUT2D eigenvalue weighted by molar-refractivity contribution is 5.85. The highest BCUT2D eigenvalue weighted by atomic mass is 35.5. The molecule has 3 rings (SSSR count). The molecule has 5 nitrogen and oxygen atoms in total. The topological polar surface area (TPSA) is 69.8 Å². The third kappa shape index (κ3) is 6.03. The molecule has 0 aliphatic carbocycles. The minimum absolute atomic E-state index is 0. The van der Waals surface area contributed by atoms with Crippen molar-refractivity contribution in [3.05, 3.63) is 59.7 Å². The van der Waals surface area contributed by atoms with Crippen molar-refractivity contribution in [3.8, 4) is 5.75 Å². The molecule has 1 heterocycles. The highest BCUT2D eigenvalue weighted by Gasteiger charge is 2.24. The third-order valence-electron chi connectivity index (χ3n) is 4.97. The second-order valence-electron chi connectivity index (χ2n) is 6.93. The standard InChI is InChI=1S/C21H27N3O2.2ClH/c1-16-5-2-3-6-20(16)23-11-4-12-24(14-13-23)21(26)19(22)15-17-7-9-18(25)10-8-17;;/h2-3,5-10,19,25H,4,11-15,22H2,1H3;2*1H/t19-;;/m0../s1. The number of aromatic hydroxyl groups is 1. The molecule has 0 bridgehead atoms. The predicted molar refractivity (Wildman–Crippen MR) is 119 cm³/mol. The number of anilines is 1. The van der Waals surface area contributed by atoms with Gasteiger partial charge in [0, 0.05) is 31.9 Å². The molecule has 0 unspecified atom stereocenters. The molecular formula is C21H29Cl2N3O2. The molecule has 1 saturated heterocycles. The van der Waals surface area contributed by atoms with E-state index in [4.69, 9.17) is 5.73 Å². The number of hydrogen-bond acceptors (Lipinski definition) is 4. The Morgan fingerprint density at radius 2 is 1.71 bits per heavy atom. The van der Waals surface area contributed by atoms with E-state index >= 15 is 0 Å². The largest absolute Gasteiger partial charge is 0.508 e. The van der Waals surface area contributed by atoms with Gasteiger partial charge in [0.2, 0.25) is 5.91 Å². The summed E-state index contributed by atoms with van der Waals surface area (Å²) >= 11 is 0. The van der Waals surface area contributed by atoms with E-state index in [1.807, 2.05) is 17.0 Å². The van der Waals surface area contributed by atoms with Crippen molar-refractivity contribution in [2.24, 2.45) is 5.73 Å². The quantitative estimate of drug-likeness (QED) is 0.788. The number of halogens is 2. The van der Waals surface area contributed by atoms with Gasteiger partial charge in [-0.15, -0.1) is 24.8 Å². The second-order valence-corrected chi connectivity index (χ2v) is 6.93. The minimum atomic E-state index is -0.551. The first-order chi connectivity index (χ1) is 12.5. The van der Waals surface area contributed by atoms with Crippen LogP contribution in [-0.2, 0) is 11.2 Å². The van der Waals surface area contributed by atoms with Gasteiger partial charge in [0.25, 0.3) is 0 Å². The van der Waals surface area contributed by atoms with Crippen molar-refractivity contribution >= 4 is 36.4 Å². The highest BCUT2D eigenvalue weighted by Crippen LogP contribution is 2.21. The van der Waals surface area contributed by atoms with Crippen LogP contribution in [0, 0.1) is 6.92 Å². The van der Waals surface area contributed by atoms with Gasteiger partial charge in [0.15, 0.2) is 0 Å².